The highest BCUT2D eigenvalue weighted by molar-refractivity contribution is 6.39. The molecule has 31 heavy (non-hydrogen) atoms. The van der Waals surface area contributed by atoms with Crippen molar-refractivity contribution in [1.29, 1.82) is 0 Å². The molecule has 4 aromatic rings. The molecular formula is C22H22Cl2N6O. The number of pyridine rings is 1. The van der Waals surface area contributed by atoms with Gasteiger partial charge in [0, 0.05) is 22.6 Å². The normalized spacial score (nSPS) is 10.5. The molecule has 3 aromatic heterocycles. The van der Waals surface area contributed by atoms with Gasteiger partial charge in [0.15, 0.2) is 5.65 Å². The average molecular weight is 457 g/mol. The van der Waals surface area contributed by atoms with Crippen LogP contribution in [-0.4, -0.2) is 30.6 Å². The van der Waals surface area contributed by atoms with Crippen molar-refractivity contribution in [3.05, 3.63) is 75.5 Å². The van der Waals surface area contributed by atoms with Crippen molar-refractivity contribution >= 4 is 45.8 Å². The molecule has 0 fully saturated rings. The van der Waals surface area contributed by atoms with Gasteiger partial charge in [-0.25, -0.2) is 19.6 Å². The quantitative estimate of drug-likeness (QED) is 0.439. The molecule has 1 aromatic carbocycles. The third-order valence-electron chi connectivity index (χ3n) is 4.39. The Morgan fingerprint density at radius 3 is 2.45 bits per heavy atom. The van der Waals surface area contributed by atoms with Crippen molar-refractivity contribution in [2.75, 3.05) is 5.32 Å². The van der Waals surface area contributed by atoms with E-state index in [1.807, 2.05) is 33.8 Å². The summed E-state index contributed by atoms with van der Waals surface area (Å²) in [5.41, 5.74) is 3.84. The number of aromatic nitrogens is 5. The predicted octanol–water partition coefficient (Wildman–Crippen LogP) is 5.47. The topological polar surface area (TPSA) is 85.6 Å². The Morgan fingerprint density at radius 2 is 1.77 bits per heavy atom. The molecule has 1 N–H and O–H groups in total. The lowest BCUT2D eigenvalue weighted by Gasteiger charge is -2.08. The number of halogens is 2. The molecule has 0 bridgehead atoms. The van der Waals surface area contributed by atoms with Crippen LogP contribution < -0.4 is 5.32 Å². The highest BCUT2D eigenvalue weighted by Crippen LogP contribution is 2.29. The Balaban J connectivity index is 0.00000132. The van der Waals surface area contributed by atoms with Crippen LogP contribution in [0, 0.1) is 13.8 Å². The first-order valence-corrected chi connectivity index (χ1v) is 10.5. The maximum Gasteiger partial charge on any atom is 0.258 e. The summed E-state index contributed by atoms with van der Waals surface area (Å²) in [5, 5.41) is 8.87. The molecule has 0 atom stereocenters. The van der Waals surface area contributed by atoms with E-state index >= 15 is 0 Å². The van der Waals surface area contributed by atoms with Gasteiger partial charge in [-0.15, -0.1) is 0 Å². The lowest BCUT2D eigenvalue weighted by Crippen LogP contribution is -2.13. The number of amides is 1. The predicted molar refractivity (Wildman–Crippen MR) is 124 cm³/mol. The van der Waals surface area contributed by atoms with Crippen LogP contribution in [0.1, 0.15) is 41.3 Å². The van der Waals surface area contributed by atoms with Crippen molar-refractivity contribution in [3.63, 3.8) is 0 Å². The van der Waals surface area contributed by atoms with Gasteiger partial charge in [-0.2, -0.15) is 5.10 Å². The number of carbonyl (C=O) groups is 1. The lowest BCUT2D eigenvalue weighted by molar-refractivity contribution is 0.102. The number of aryl methyl sites for hydroxylation is 2. The molecule has 0 saturated heterocycles. The number of nitrogens with zero attached hydrogens (tertiary/aromatic N) is 5. The second kappa shape index (κ2) is 9.85. The number of hydrogen-bond acceptors (Lipinski definition) is 5. The molecule has 160 valence electrons. The van der Waals surface area contributed by atoms with E-state index in [1.165, 1.54) is 12.5 Å². The SMILES string of the molecule is CC.Cc1cc(Cn2nc(C)c3c(Cl)c(C(=O)Nc4ccc(Cl)cc4)cnc32)ncn1. The minimum Gasteiger partial charge on any atom is -0.322 e. The van der Waals surface area contributed by atoms with Gasteiger partial charge in [-0.05, 0) is 44.2 Å². The molecule has 0 spiro atoms. The number of nitrogens with one attached hydrogen (secondary N) is 1. The first-order chi connectivity index (χ1) is 14.9. The standard InChI is InChI=1S/C20H16Cl2N6O.C2H6/c1-11-7-15(25-10-24-11)9-28-19-17(12(2)27-28)18(22)16(8-23-19)20(29)26-14-5-3-13(21)4-6-14;1-2/h3-8,10H,9H2,1-2H3,(H,26,29);1-2H3. The van der Waals surface area contributed by atoms with Crippen LogP contribution in [0.2, 0.25) is 10.0 Å². The summed E-state index contributed by atoms with van der Waals surface area (Å²) in [5.74, 6) is -0.356. The highest BCUT2D eigenvalue weighted by atomic mass is 35.5. The molecule has 0 saturated carbocycles. The molecule has 0 aliphatic carbocycles. The molecule has 0 radical (unpaired) electrons. The van der Waals surface area contributed by atoms with Gasteiger partial charge in [0.05, 0.1) is 33.9 Å². The summed E-state index contributed by atoms with van der Waals surface area (Å²) in [6.45, 7) is 8.16. The van der Waals surface area contributed by atoms with E-state index in [-0.39, 0.29) is 11.5 Å². The summed E-state index contributed by atoms with van der Waals surface area (Å²) >= 11 is 12.5. The van der Waals surface area contributed by atoms with Crippen LogP contribution in [0.3, 0.4) is 0 Å². The number of hydrogen-bond donors (Lipinski definition) is 1. The van der Waals surface area contributed by atoms with E-state index in [2.05, 4.69) is 25.4 Å². The average Bonchev–Trinajstić information content (AvgIpc) is 3.07. The summed E-state index contributed by atoms with van der Waals surface area (Å²) in [7, 11) is 0. The second-order valence-corrected chi connectivity index (χ2v) is 7.35. The van der Waals surface area contributed by atoms with Crippen LogP contribution in [0.4, 0.5) is 5.69 Å². The van der Waals surface area contributed by atoms with Gasteiger partial charge >= 0.3 is 0 Å². The van der Waals surface area contributed by atoms with Crippen molar-refractivity contribution in [2.45, 2.75) is 34.2 Å². The monoisotopic (exact) mass is 456 g/mol. The fourth-order valence-corrected chi connectivity index (χ4v) is 3.51. The Morgan fingerprint density at radius 1 is 1.06 bits per heavy atom. The fourth-order valence-electron chi connectivity index (χ4n) is 3.02. The van der Waals surface area contributed by atoms with E-state index in [9.17, 15) is 4.79 Å². The van der Waals surface area contributed by atoms with Crippen LogP contribution >= 0.6 is 23.2 Å². The first-order valence-electron chi connectivity index (χ1n) is 9.78. The van der Waals surface area contributed by atoms with Crippen molar-refractivity contribution in [1.82, 2.24) is 24.7 Å². The largest absolute Gasteiger partial charge is 0.322 e. The fraction of sp³-hybridized carbons (Fsp3) is 0.227. The molecule has 4 rings (SSSR count). The molecule has 9 heteroatoms. The second-order valence-electron chi connectivity index (χ2n) is 6.54. The van der Waals surface area contributed by atoms with Gasteiger partial charge in [0.1, 0.15) is 6.33 Å². The van der Waals surface area contributed by atoms with Crippen molar-refractivity contribution in [2.24, 2.45) is 0 Å². The zero-order chi connectivity index (χ0) is 22.5. The van der Waals surface area contributed by atoms with Gasteiger partial charge in [-0.3, -0.25) is 4.79 Å². The lowest BCUT2D eigenvalue weighted by atomic mass is 10.2. The smallest absolute Gasteiger partial charge is 0.258 e. The van der Waals surface area contributed by atoms with E-state index in [4.69, 9.17) is 23.2 Å². The van der Waals surface area contributed by atoms with Crippen LogP contribution in [0.15, 0.2) is 42.9 Å². The van der Waals surface area contributed by atoms with Gasteiger partial charge < -0.3 is 5.32 Å². The molecule has 3 heterocycles. The zero-order valence-corrected chi connectivity index (χ0v) is 19.2. The van der Waals surface area contributed by atoms with Gasteiger partial charge in [0.25, 0.3) is 5.91 Å². The van der Waals surface area contributed by atoms with Gasteiger partial charge in [0.2, 0.25) is 0 Å². The molecule has 7 nitrogen and oxygen atoms in total. The first kappa shape index (κ1) is 22.7. The summed E-state index contributed by atoms with van der Waals surface area (Å²) in [4.78, 5) is 25.5. The maximum absolute atomic E-state index is 12.7. The molecule has 0 aliphatic heterocycles. The van der Waals surface area contributed by atoms with Crippen LogP contribution in [0.5, 0.6) is 0 Å². The number of anilines is 1. The van der Waals surface area contributed by atoms with Crippen LogP contribution in [0.25, 0.3) is 11.0 Å². The van der Waals surface area contributed by atoms with Gasteiger partial charge in [-0.1, -0.05) is 37.0 Å². The highest BCUT2D eigenvalue weighted by Gasteiger charge is 2.20. The van der Waals surface area contributed by atoms with E-state index in [1.54, 1.807) is 28.9 Å². The number of benzene rings is 1. The van der Waals surface area contributed by atoms with Crippen molar-refractivity contribution < 1.29 is 4.79 Å². The summed E-state index contributed by atoms with van der Waals surface area (Å²) in [6, 6.07) is 8.71. The third kappa shape index (κ3) is 5.00. The third-order valence-corrected chi connectivity index (χ3v) is 5.04. The molecule has 1 amide bonds. The summed E-state index contributed by atoms with van der Waals surface area (Å²) < 4.78 is 1.72. The number of fused-ring (bicyclic) bond motifs is 1. The number of carbonyl (C=O) groups excluding carboxylic acids is 1. The number of rotatable bonds is 4. The minimum atomic E-state index is -0.356. The minimum absolute atomic E-state index is 0.273. The Hall–Kier alpha value is -3.03. The van der Waals surface area contributed by atoms with Crippen molar-refractivity contribution in [3.8, 4) is 0 Å². The maximum atomic E-state index is 12.7. The Labute approximate surface area is 190 Å². The summed E-state index contributed by atoms with van der Waals surface area (Å²) in [6.07, 6.45) is 2.97. The van der Waals surface area contributed by atoms with E-state index in [0.717, 1.165) is 11.4 Å². The van der Waals surface area contributed by atoms with E-state index in [0.29, 0.717) is 39.0 Å². The van der Waals surface area contributed by atoms with E-state index < -0.39 is 0 Å². The molecule has 0 unspecified atom stereocenters. The Kier molecular flexibility index (Phi) is 7.20. The van der Waals surface area contributed by atoms with Crippen LogP contribution in [-0.2, 0) is 6.54 Å². The molecule has 0 aliphatic rings. The Bertz CT molecular complexity index is 1220. The zero-order valence-electron chi connectivity index (χ0n) is 17.6. The molecular weight excluding hydrogens is 435 g/mol.